The Morgan fingerprint density at radius 3 is 2.48 bits per heavy atom. The average molecular weight is 290 g/mol. The molecule has 2 amide bonds. The van der Waals surface area contributed by atoms with Crippen molar-refractivity contribution in [2.75, 3.05) is 18.0 Å². The van der Waals surface area contributed by atoms with Crippen LogP contribution >= 0.6 is 0 Å². The first-order valence-electron chi connectivity index (χ1n) is 7.46. The van der Waals surface area contributed by atoms with Gasteiger partial charge in [0.15, 0.2) is 0 Å². The summed E-state index contributed by atoms with van der Waals surface area (Å²) in [7, 11) is 0. The quantitative estimate of drug-likeness (QED) is 0.879. The fourth-order valence-corrected chi connectivity index (χ4v) is 2.73. The minimum atomic E-state index is -0.904. The lowest BCUT2D eigenvalue weighted by atomic mass is 9.78. The zero-order valence-corrected chi connectivity index (χ0v) is 13.6. The third kappa shape index (κ3) is 3.56. The van der Waals surface area contributed by atoms with Crippen LogP contribution in [0.4, 0.5) is 10.5 Å². The summed E-state index contributed by atoms with van der Waals surface area (Å²) < 4.78 is 0. The highest BCUT2D eigenvalue weighted by Crippen LogP contribution is 2.45. The van der Waals surface area contributed by atoms with E-state index in [4.69, 9.17) is 0 Å². The number of hydrogen-bond acceptors (Lipinski definition) is 2. The SMILES string of the molecule is CC(C)(O)CNC(=O)N1CC(C(C)(C)C)c2ccccc21. The predicted molar refractivity (Wildman–Crippen MR) is 85.7 cm³/mol. The highest BCUT2D eigenvalue weighted by atomic mass is 16.3. The van der Waals surface area contributed by atoms with Crippen LogP contribution in [-0.2, 0) is 0 Å². The lowest BCUT2D eigenvalue weighted by Gasteiger charge is -2.28. The molecule has 1 atom stereocenters. The van der Waals surface area contributed by atoms with Crippen LogP contribution in [0.2, 0.25) is 0 Å². The van der Waals surface area contributed by atoms with Crippen LogP contribution in [-0.4, -0.2) is 29.8 Å². The third-order valence-corrected chi connectivity index (χ3v) is 3.93. The summed E-state index contributed by atoms with van der Waals surface area (Å²) in [5, 5.41) is 12.6. The molecule has 4 nitrogen and oxygen atoms in total. The fourth-order valence-electron chi connectivity index (χ4n) is 2.73. The Balaban J connectivity index is 2.21. The van der Waals surface area contributed by atoms with E-state index in [2.05, 4.69) is 32.2 Å². The van der Waals surface area contributed by atoms with E-state index in [0.29, 0.717) is 12.5 Å². The number of carbonyl (C=O) groups excluding carboxylic acids is 1. The van der Waals surface area contributed by atoms with Gasteiger partial charge in [-0.25, -0.2) is 4.79 Å². The van der Waals surface area contributed by atoms with E-state index in [1.165, 1.54) is 5.56 Å². The average Bonchev–Trinajstić information content (AvgIpc) is 2.74. The molecule has 0 saturated heterocycles. The van der Waals surface area contributed by atoms with E-state index < -0.39 is 5.60 Å². The van der Waals surface area contributed by atoms with Gasteiger partial charge < -0.3 is 10.4 Å². The molecule has 21 heavy (non-hydrogen) atoms. The number of para-hydroxylation sites is 1. The lowest BCUT2D eigenvalue weighted by molar-refractivity contribution is 0.0822. The Hall–Kier alpha value is -1.55. The number of fused-ring (bicyclic) bond motifs is 1. The van der Waals surface area contributed by atoms with Gasteiger partial charge in [0, 0.05) is 24.7 Å². The topological polar surface area (TPSA) is 52.6 Å². The van der Waals surface area contributed by atoms with E-state index in [-0.39, 0.29) is 18.0 Å². The molecule has 1 aromatic carbocycles. The molecule has 1 aromatic rings. The third-order valence-electron chi connectivity index (χ3n) is 3.93. The van der Waals surface area contributed by atoms with Crippen molar-refractivity contribution in [2.24, 2.45) is 5.41 Å². The van der Waals surface area contributed by atoms with Gasteiger partial charge in [-0.3, -0.25) is 4.90 Å². The normalized spacial score (nSPS) is 18.6. The van der Waals surface area contributed by atoms with Gasteiger partial charge in [0.05, 0.1) is 5.60 Å². The van der Waals surface area contributed by atoms with E-state index in [1.54, 1.807) is 18.7 Å². The van der Waals surface area contributed by atoms with Crippen LogP contribution in [0.15, 0.2) is 24.3 Å². The summed E-state index contributed by atoms with van der Waals surface area (Å²) in [6.07, 6.45) is 0. The first-order chi connectivity index (χ1) is 9.59. The standard InChI is InChI=1S/C17H26N2O2/c1-16(2,3)13-10-19(14-9-7-6-8-12(13)14)15(20)18-11-17(4,5)21/h6-9,13,21H,10-11H2,1-5H3,(H,18,20). The van der Waals surface area contributed by atoms with Crippen molar-refractivity contribution >= 4 is 11.7 Å². The van der Waals surface area contributed by atoms with Crippen molar-refractivity contribution in [3.8, 4) is 0 Å². The summed E-state index contributed by atoms with van der Waals surface area (Å²) in [6, 6.07) is 7.94. The van der Waals surface area contributed by atoms with Gasteiger partial charge in [0.25, 0.3) is 0 Å². The first-order valence-corrected chi connectivity index (χ1v) is 7.46. The minimum absolute atomic E-state index is 0.0986. The van der Waals surface area contributed by atoms with Gasteiger partial charge >= 0.3 is 6.03 Å². The maximum Gasteiger partial charge on any atom is 0.322 e. The molecule has 0 radical (unpaired) electrons. The molecule has 0 bridgehead atoms. The van der Waals surface area contributed by atoms with E-state index in [1.807, 2.05) is 18.2 Å². The molecule has 2 rings (SSSR count). The van der Waals surface area contributed by atoms with Crippen molar-refractivity contribution in [3.63, 3.8) is 0 Å². The number of aliphatic hydroxyl groups is 1. The smallest absolute Gasteiger partial charge is 0.322 e. The molecule has 1 aliphatic rings. The summed E-state index contributed by atoms with van der Waals surface area (Å²) >= 11 is 0. The molecule has 1 unspecified atom stereocenters. The van der Waals surface area contributed by atoms with Crippen LogP contribution in [0.1, 0.15) is 46.1 Å². The summed E-state index contributed by atoms with van der Waals surface area (Å²) in [4.78, 5) is 14.2. The molecule has 0 saturated carbocycles. The zero-order chi connectivity index (χ0) is 15.8. The Bertz CT molecular complexity index is 526. The predicted octanol–water partition coefficient (Wildman–Crippen LogP) is 3.12. The number of carbonyl (C=O) groups is 1. The van der Waals surface area contributed by atoms with E-state index >= 15 is 0 Å². The summed E-state index contributed by atoms with van der Waals surface area (Å²) in [6.45, 7) is 10.9. The Morgan fingerprint density at radius 2 is 1.90 bits per heavy atom. The second kappa shape index (κ2) is 5.34. The van der Waals surface area contributed by atoms with Crippen molar-refractivity contribution in [3.05, 3.63) is 29.8 Å². The molecule has 0 aromatic heterocycles. The number of nitrogens with one attached hydrogen (secondary N) is 1. The summed E-state index contributed by atoms with van der Waals surface area (Å²) in [5.74, 6) is 0.321. The number of anilines is 1. The highest BCUT2D eigenvalue weighted by molar-refractivity contribution is 5.94. The molecule has 4 heteroatoms. The Kier molecular flexibility index (Phi) is 4.02. The maximum absolute atomic E-state index is 12.4. The van der Waals surface area contributed by atoms with Crippen LogP contribution in [0.3, 0.4) is 0 Å². The Labute approximate surface area is 127 Å². The molecule has 1 heterocycles. The molecule has 1 aliphatic heterocycles. The number of benzene rings is 1. The molecule has 116 valence electrons. The second-order valence-corrected chi connectivity index (χ2v) is 7.56. The maximum atomic E-state index is 12.4. The number of amides is 2. The monoisotopic (exact) mass is 290 g/mol. The second-order valence-electron chi connectivity index (χ2n) is 7.56. The van der Waals surface area contributed by atoms with Crippen molar-refractivity contribution < 1.29 is 9.90 Å². The Morgan fingerprint density at radius 1 is 1.29 bits per heavy atom. The zero-order valence-electron chi connectivity index (χ0n) is 13.6. The van der Waals surface area contributed by atoms with Crippen molar-refractivity contribution in [1.29, 1.82) is 0 Å². The highest BCUT2D eigenvalue weighted by Gasteiger charge is 2.38. The largest absolute Gasteiger partial charge is 0.389 e. The minimum Gasteiger partial charge on any atom is -0.389 e. The van der Waals surface area contributed by atoms with Gasteiger partial charge in [0.2, 0.25) is 0 Å². The van der Waals surface area contributed by atoms with E-state index in [0.717, 1.165) is 5.69 Å². The first kappa shape index (κ1) is 15.8. The van der Waals surface area contributed by atoms with Gasteiger partial charge in [0.1, 0.15) is 0 Å². The van der Waals surface area contributed by atoms with Gasteiger partial charge in [-0.2, -0.15) is 0 Å². The molecule has 0 fully saturated rings. The number of hydrogen-bond donors (Lipinski definition) is 2. The van der Waals surface area contributed by atoms with Crippen molar-refractivity contribution in [2.45, 2.75) is 46.1 Å². The van der Waals surface area contributed by atoms with Crippen LogP contribution in [0.25, 0.3) is 0 Å². The van der Waals surface area contributed by atoms with Crippen molar-refractivity contribution in [1.82, 2.24) is 5.32 Å². The summed E-state index contributed by atoms with van der Waals surface area (Å²) in [5.41, 5.74) is 1.40. The molecule has 2 N–H and O–H groups in total. The molecular formula is C17H26N2O2. The van der Waals surface area contributed by atoms with Crippen LogP contribution < -0.4 is 10.2 Å². The van der Waals surface area contributed by atoms with Gasteiger partial charge in [-0.15, -0.1) is 0 Å². The fraction of sp³-hybridized carbons (Fsp3) is 0.588. The number of rotatable bonds is 2. The van der Waals surface area contributed by atoms with Gasteiger partial charge in [-0.05, 0) is 30.9 Å². The number of urea groups is 1. The molecule has 0 aliphatic carbocycles. The van der Waals surface area contributed by atoms with E-state index in [9.17, 15) is 9.90 Å². The van der Waals surface area contributed by atoms with Gasteiger partial charge in [-0.1, -0.05) is 39.0 Å². The molecule has 0 spiro atoms. The van der Waals surface area contributed by atoms with Crippen LogP contribution in [0.5, 0.6) is 0 Å². The molecular weight excluding hydrogens is 264 g/mol. The number of nitrogens with zero attached hydrogens (tertiary/aromatic N) is 1. The lowest BCUT2D eigenvalue weighted by Crippen LogP contribution is -2.45. The van der Waals surface area contributed by atoms with Crippen LogP contribution in [0, 0.1) is 5.41 Å².